The van der Waals surface area contributed by atoms with Crippen LogP contribution in [0.3, 0.4) is 0 Å². The molecule has 0 aromatic rings. The Labute approximate surface area is 154 Å². The number of carbonyl (C=O) groups excluding carboxylic acids is 1. The van der Waals surface area contributed by atoms with Crippen LogP contribution in [0.15, 0.2) is 0 Å². The molecule has 146 valence electrons. The predicted octanol–water partition coefficient (Wildman–Crippen LogP) is 2.68. The van der Waals surface area contributed by atoms with Gasteiger partial charge in [0.25, 0.3) is 8.53 Å². The van der Waals surface area contributed by atoms with Crippen molar-refractivity contribution in [1.29, 1.82) is 5.26 Å². The SMILES string of the molecule is CNP(OCCC#N)OC(CN)CNC(=O)CC(C)(C)CC(C)(C)C. The van der Waals surface area contributed by atoms with Crippen LogP contribution in [0.4, 0.5) is 0 Å². The van der Waals surface area contributed by atoms with E-state index in [1.54, 1.807) is 7.05 Å². The lowest BCUT2D eigenvalue weighted by molar-refractivity contribution is -0.123. The van der Waals surface area contributed by atoms with Gasteiger partial charge in [0.1, 0.15) is 0 Å². The Bertz CT molecular complexity index is 433. The molecule has 0 rings (SSSR count). The van der Waals surface area contributed by atoms with Crippen molar-refractivity contribution in [3.05, 3.63) is 0 Å². The van der Waals surface area contributed by atoms with Crippen LogP contribution in [-0.4, -0.2) is 38.8 Å². The van der Waals surface area contributed by atoms with Crippen molar-refractivity contribution in [2.75, 3.05) is 26.7 Å². The molecule has 0 saturated heterocycles. The normalized spacial score (nSPS) is 14.6. The minimum Gasteiger partial charge on any atom is -0.353 e. The second-order valence-corrected chi connectivity index (χ2v) is 9.50. The molecule has 4 N–H and O–H groups in total. The molecule has 0 aliphatic heterocycles. The molecule has 2 unspecified atom stereocenters. The second-order valence-electron chi connectivity index (χ2n) is 8.07. The number of nitrogens with one attached hydrogen (secondary N) is 2. The quantitative estimate of drug-likeness (QED) is 0.358. The number of nitrogens with zero attached hydrogens (tertiary/aromatic N) is 1. The summed E-state index contributed by atoms with van der Waals surface area (Å²) in [6, 6.07) is 2.01. The van der Waals surface area contributed by atoms with E-state index in [2.05, 4.69) is 45.0 Å². The Hall–Kier alpha value is -0.770. The summed E-state index contributed by atoms with van der Waals surface area (Å²) in [4.78, 5) is 12.2. The number of carbonyl (C=O) groups is 1. The zero-order valence-corrected chi connectivity index (χ0v) is 17.4. The highest BCUT2D eigenvalue weighted by atomic mass is 31.2. The molecule has 1 amide bonds. The molecular formula is C17H35N4O3P. The maximum absolute atomic E-state index is 12.2. The van der Waals surface area contributed by atoms with Gasteiger partial charge in [0.15, 0.2) is 0 Å². The number of nitrogens with two attached hydrogens (primary N) is 1. The summed E-state index contributed by atoms with van der Waals surface area (Å²) in [7, 11) is 0.398. The molecule has 7 nitrogen and oxygen atoms in total. The van der Waals surface area contributed by atoms with Crippen LogP contribution in [0.5, 0.6) is 0 Å². The highest BCUT2D eigenvalue weighted by molar-refractivity contribution is 7.44. The van der Waals surface area contributed by atoms with Gasteiger partial charge in [-0.1, -0.05) is 34.6 Å². The maximum atomic E-state index is 12.2. The largest absolute Gasteiger partial charge is 0.353 e. The number of hydrogen-bond donors (Lipinski definition) is 3. The van der Waals surface area contributed by atoms with Crippen LogP contribution in [0, 0.1) is 22.2 Å². The third kappa shape index (κ3) is 13.1. The van der Waals surface area contributed by atoms with Gasteiger partial charge in [-0.05, 0) is 24.3 Å². The van der Waals surface area contributed by atoms with Crippen molar-refractivity contribution >= 4 is 14.4 Å². The summed E-state index contributed by atoms with van der Waals surface area (Å²) in [5, 5.41) is 14.4. The topological polar surface area (TPSA) is 109 Å². The van der Waals surface area contributed by atoms with E-state index in [1.807, 2.05) is 6.07 Å². The Balaban J connectivity index is 4.36. The van der Waals surface area contributed by atoms with E-state index in [0.29, 0.717) is 26.0 Å². The summed E-state index contributed by atoms with van der Waals surface area (Å²) in [5.41, 5.74) is 5.83. The van der Waals surface area contributed by atoms with Gasteiger partial charge in [0, 0.05) is 19.5 Å². The Morgan fingerprint density at radius 3 is 2.44 bits per heavy atom. The first-order valence-electron chi connectivity index (χ1n) is 8.64. The molecule has 0 aliphatic carbocycles. The summed E-state index contributed by atoms with van der Waals surface area (Å²) in [6.07, 6.45) is 1.38. The van der Waals surface area contributed by atoms with Crippen LogP contribution < -0.4 is 16.1 Å². The predicted molar refractivity (Wildman–Crippen MR) is 102 cm³/mol. The zero-order valence-electron chi connectivity index (χ0n) is 16.5. The summed E-state index contributed by atoms with van der Waals surface area (Å²) >= 11 is 0. The Morgan fingerprint density at radius 1 is 1.32 bits per heavy atom. The van der Waals surface area contributed by atoms with Crippen LogP contribution in [0.2, 0.25) is 0 Å². The van der Waals surface area contributed by atoms with E-state index in [0.717, 1.165) is 6.42 Å². The van der Waals surface area contributed by atoms with E-state index in [1.165, 1.54) is 0 Å². The smallest absolute Gasteiger partial charge is 0.255 e. The van der Waals surface area contributed by atoms with Gasteiger partial charge in [0.05, 0.1) is 25.2 Å². The molecule has 8 heteroatoms. The number of nitriles is 1. The first kappa shape index (κ1) is 24.2. The minimum absolute atomic E-state index is 0.00418. The molecule has 0 aromatic heterocycles. The van der Waals surface area contributed by atoms with Crippen molar-refractivity contribution < 1.29 is 13.8 Å². The van der Waals surface area contributed by atoms with E-state index in [9.17, 15) is 4.79 Å². The first-order chi connectivity index (χ1) is 11.5. The molecular weight excluding hydrogens is 339 g/mol. The lowest BCUT2D eigenvalue weighted by atomic mass is 9.74. The lowest BCUT2D eigenvalue weighted by Gasteiger charge is -2.32. The van der Waals surface area contributed by atoms with Crippen molar-refractivity contribution in [3.8, 4) is 6.07 Å². The van der Waals surface area contributed by atoms with Crippen LogP contribution >= 0.6 is 8.53 Å². The van der Waals surface area contributed by atoms with E-state index < -0.39 is 8.53 Å². The first-order valence-corrected chi connectivity index (χ1v) is 9.81. The molecule has 2 atom stereocenters. The highest BCUT2D eigenvalue weighted by Crippen LogP contribution is 2.36. The number of amides is 1. The van der Waals surface area contributed by atoms with Crippen LogP contribution in [0.1, 0.15) is 53.9 Å². The molecule has 0 radical (unpaired) electrons. The fourth-order valence-corrected chi connectivity index (χ4v) is 3.83. The van der Waals surface area contributed by atoms with Gasteiger partial charge in [-0.15, -0.1) is 0 Å². The highest BCUT2D eigenvalue weighted by Gasteiger charge is 2.28. The zero-order chi connectivity index (χ0) is 19.5. The lowest BCUT2D eigenvalue weighted by Crippen LogP contribution is -2.39. The van der Waals surface area contributed by atoms with Gasteiger partial charge in [-0.3, -0.25) is 9.88 Å². The standard InChI is InChI=1S/C17H35N4O3P/c1-16(2,3)13-17(4,5)10-15(22)21-12-14(11-19)24-25(20-6)23-9-7-8-18/h14,20H,7,9-13,19H2,1-6H3,(H,21,22). The summed E-state index contributed by atoms with van der Waals surface area (Å²) in [6.45, 7) is 11.7. The molecule has 0 aliphatic rings. The van der Waals surface area contributed by atoms with E-state index in [4.69, 9.17) is 20.0 Å². The van der Waals surface area contributed by atoms with Crippen molar-refractivity contribution in [1.82, 2.24) is 10.4 Å². The maximum Gasteiger partial charge on any atom is 0.255 e. The second kappa shape index (κ2) is 11.8. The molecule has 0 spiro atoms. The number of rotatable bonds is 12. The number of hydrogen-bond acceptors (Lipinski definition) is 6. The van der Waals surface area contributed by atoms with E-state index in [-0.39, 0.29) is 29.4 Å². The van der Waals surface area contributed by atoms with Crippen molar-refractivity contribution in [3.63, 3.8) is 0 Å². The third-order valence-corrected chi connectivity index (χ3v) is 4.56. The van der Waals surface area contributed by atoms with Crippen molar-refractivity contribution in [2.24, 2.45) is 16.6 Å². The molecule has 0 aromatic carbocycles. The average molecular weight is 374 g/mol. The van der Waals surface area contributed by atoms with Gasteiger partial charge < -0.3 is 20.1 Å². The average Bonchev–Trinajstić information content (AvgIpc) is 2.46. The van der Waals surface area contributed by atoms with Gasteiger partial charge >= 0.3 is 0 Å². The summed E-state index contributed by atoms with van der Waals surface area (Å²) < 4.78 is 11.2. The van der Waals surface area contributed by atoms with E-state index >= 15 is 0 Å². The fourth-order valence-electron chi connectivity index (χ4n) is 2.84. The molecule has 0 bridgehead atoms. The minimum atomic E-state index is -1.32. The van der Waals surface area contributed by atoms with Crippen LogP contribution in [0.25, 0.3) is 0 Å². The molecule has 0 heterocycles. The molecule has 0 fully saturated rings. The summed E-state index contributed by atoms with van der Waals surface area (Å²) in [5.74, 6) is -0.00418. The van der Waals surface area contributed by atoms with Crippen LogP contribution in [-0.2, 0) is 13.8 Å². The van der Waals surface area contributed by atoms with Gasteiger partial charge in [0.2, 0.25) is 5.91 Å². The van der Waals surface area contributed by atoms with Gasteiger partial charge in [-0.2, -0.15) is 5.26 Å². The third-order valence-electron chi connectivity index (χ3n) is 3.29. The fraction of sp³-hybridized carbons (Fsp3) is 0.882. The van der Waals surface area contributed by atoms with Crippen molar-refractivity contribution in [2.45, 2.75) is 60.0 Å². The Morgan fingerprint density at radius 2 is 1.96 bits per heavy atom. The monoisotopic (exact) mass is 374 g/mol. The molecule has 0 saturated carbocycles. The van der Waals surface area contributed by atoms with Gasteiger partial charge in [-0.25, -0.2) is 0 Å². The molecule has 25 heavy (non-hydrogen) atoms. The Kier molecular flexibility index (Phi) is 11.4.